The predicted molar refractivity (Wildman–Crippen MR) is 140 cm³/mol. The molecule has 1 aliphatic heterocycles. The molecular weight excluding hydrogens is 609 g/mol. The highest BCUT2D eigenvalue weighted by Gasteiger charge is 2.65. The van der Waals surface area contributed by atoms with E-state index in [9.17, 15) is 40.0 Å². The molecule has 1 aliphatic rings. The number of alkyl halides is 3. The van der Waals surface area contributed by atoms with Crippen molar-refractivity contribution in [2.24, 2.45) is 11.7 Å². The standard InChI is InChI=1S/C25H26F5N5O7S/c1-10-16(11-5-6-12(26)17(27)20(11)40-3)21(42-24(10,2)25(28,29)30)23-32-13-9-14(34-19(22(31)37)18(13)35-23)33-15(36)7-8-41-43(4,38)39/h5-6,9-10,16,21H,7-8H2,1-4H3,(H2,31,37)(H,32,35)(H,33,34,36)/t10?,16-,21+,24+/m0/s1. The fourth-order valence-electron chi connectivity index (χ4n) is 4.94. The minimum atomic E-state index is -4.91. The van der Waals surface area contributed by atoms with Gasteiger partial charge in [0.2, 0.25) is 11.7 Å². The van der Waals surface area contributed by atoms with E-state index in [0.717, 1.165) is 32.4 Å². The molecule has 12 nitrogen and oxygen atoms in total. The van der Waals surface area contributed by atoms with Crippen LogP contribution in [0.2, 0.25) is 0 Å². The number of amides is 2. The summed E-state index contributed by atoms with van der Waals surface area (Å²) in [5, 5.41) is 2.34. The number of hydrogen-bond donors (Lipinski definition) is 3. The molecule has 0 saturated carbocycles. The minimum absolute atomic E-state index is 0.00866. The molecule has 0 spiro atoms. The number of halogens is 5. The Morgan fingerprint density at radius 3 is 2.49 bits per heavy atom. The van der Waals surface area contributed by atoms with Gasteiger partial charge in [0.05, 0.1) is 31.9 Å². The predicted octanol–water partition coefficient (Wildman–Crippen LogP) is 3.46. The summed E-state index contributed by atoms with van der Waals surface area (Å²) >= 11 is 0. The lowest BCUT2D eigenvalue weighted by Gasteiger charge is -2.32. The molecule has 4 rings (SSSR count). The van der Waals surface area contributed by atoms with E-state index < -0.39 is 87.8 Å². The quantitative estimate of drug-likeness (QED) is 0.235. The normalized spacial score (nSPS) is 22.6. The lowest BCUT2D eigenvalue weighted by atomic mass is 9.77. The fourth-order valence-corrected chi connectivity index (χ4v) is 5.33. The number of H-pyrrole nitrogens is 1. The van der Waals surface area contributed by atoms with E-state index in [4.69, 9.17) is 15.2 Å². The Kier molecular flexibility index (Phi) is 8.42. The maximum Gasteiger partial charge on any atom is 0.417 e. The molecule has 2 aromatic heterocycles. The highest BCUT2D eigenvalue weighted by molar-refractivity contribution is 7.85. The second-order valence-electron chi connectivity index (χ2n) is 10.0. The number of hydrogen-bond acceptors (Lipinski definition) is 9. The Hall–Kier alpha value is -3.90. The second-order valence-corrected chi connectivity index (χ2v) is 11.6. The average molecular weight is 636 g/mol. The van der Waals surface area contributed by atoms with Crippen molar-refractivity contribution in [3.63, 3.8) is 0 Å². The van der Waals surface area contributed by atoms with Crippen LogP contribution in [0.3, 0.4) is 0 Å². The first kappa shape index (κ1) is 32.0. The van der Waals surface area contributed by atoms with Crippen molar-refractivity contribution >= 4 is 38.8 Å². The first-order valence-electron chi connectivity index (χ1n) is 12.5. The minimum Gasteiger partial charge on any atom is -0.493 e. The van der Waals surface area contributed by atoms with Crippen LogP contribution < -0.4 is 15.8 Å². The van der Waals surface area contributed by atoms with Crippen molar-refractivity contribution in [1.82, 2.24) is 15.0 Å². The summed E-state index contributed by atoms with van der Waals surface area (Å²) < 4.78 is 109. The van der Waals surface area contributed by atoms with Crippen LogP contribution in [0.5, 0.6) is 5.75 Å². The molecular formula is C25H26F5N5O7S. The Morgan fingerprint density at radius 2 is 1.91 bits per heavy atom. The molecule has 2 amide bonds. The Bertz CT molecular complexity index is 1700. The number of rotatable bonds is 9. The van der Waals surface area contributed by atoms with Gasteiger partial charge in [0.15, 0.2) is 22.9 Å². The summed E-state index contributed by atoms with van der Waals surface area (Å²) in [4.78, 5) is 35.5. The SMILES string of the molecule is COc1c([C@@H]2C(C)[C@](C)(C(F)(F)F)O[C@H]2c2nc3c(C(N)=O)nc(NC(=O)CCOS(C)(=O)=O)cc3[nH]2)ccc(F)c1F. The van der Waals surface area contributed by atoms with E-state index in [0.29, 0.717) is 0 Å². The zero-order valence-electron chi connectivity index (χ0n) is 23.0. The number of ether oxygens (including phenoxy) is 2. The number of fused-ring (bicyclic) bond motifs is 1. The molecule has 1 fully saturated rings. The number of nitrogens with zero attached hydrogens (tertiary/aromatic N) is 2. The monoisotopic (exact) mass is 635 g/mol. The van der Waals surface area contributed by atoms with Crippen molar-refractivity contribution in [3.8, 4) is 5.75 Å². The Balaban J connectivity index is 1.80. The van der Waals surface area contributed by atoms with Crippen LogP contribution in [-0.2, 0) is 23.8 Å². The molecule has 18 heteroatoms. The zero-order chi connectivity index (χ0) is 32.1. The van der Waals surface area contributed by atoms with Crippen LogP contribution in [0.1, 0.15) is 54.2 Å². The summed E-state index contributed by atoms with van der Waals surface area (Å²) in [6.45, 7) is 1.57. The molecule has 234 valence electrons. The van der Waals surface area contributed by atoms with Crippen LogP contribution in [0.4, 0.5) is 27.8 Å². The first-order chi connectivity index (χ1) is 19.9. The molecule has 1 aromatic carbocycles. The first-order valence-corrected chi connectivity index (χ1v) is 14.3. The van der Waals surface area contributed by atoms with E-state index in [1.807, 2.05) is 0 Å². The summed E-state index contributed by atoms with van der Waals surface area (Å²) in [5.41, 5.74) is 1.92. The molecule has 0 aliphatic carbocycles. The maximum absolute atomic E-state index is 14.7. The van der Waals surface area contributed by atoms with Crippen molar-refractivity contribution in [3.05, 3.63) is 46.9 Å². The van der Waals surface area contributed by atoms with Crippen LogP contribution in [0.25, 0.3) is 11.0 Å². The molecule has 3 aromatic rings. The number of aromatic nitrogens is 3. The number of primary amides is 1. The van der Waals surface area contributed by atoms with Gasteiger partial charge >= 0.3 is 6.18 Å². The number of pyridine rings is 1. The van der Waals surface area contributed by atoms with Gasteiger partial charge in [-0.2, -0.15) is 26.0 Å². The van der Waals surface area contributed by atoms with Gasteiger partial charge in [-0.3, -0.25) is 13.8 Å². The number of nitrogens with two attached hydrogens (primary N) is 1. The van der Waals surface area contributed by atoms with Gasteiger partial charge in [0, 0.05) is 23.5 Å². The summed E-state index contributed by atoms with van der Waals surface area (Å²) in [6, 6.07) is 3.06. The number of benzene rings is 1. The average Bonchev–Trinajstić information content (AvgIpc) is 3.43. The third-order valence-corrected chi connectivity index (χ3v) is 7.79. The lowest BCUT2D eigenvalue weighted by Crippen LogP contribution is -2.46. The Morgan fingerprint density at radius 1 is 1.23 bits per heavy atom. The molecule has 4 N–H and O–H groups in total. The van der Waals surface area contributed by atoms with E-state index in [-0.39, 0.29) is 28.2 Å². The highest BCUT2D eigenvalue weighted by Crippen LogP contribution is 2.59. The van der Waals surface area contributed by atoms with Gasteiger partial charge in [-0.25, -0.2) is 14.4 Å². The van der Waals surface area contributed by atoms with Gasteiger partial charge < -0.3 is 25.5 Å². The van der Waals surface area contributed by atoms with Crippen molar-refractivity contribution in [2.45, 2.75) is 44.1 Å². The lowest BCUT2D eigenvalue weighted by molar-refractivity contribution is -0.275. The van der Waals surface area contributed by atoms with Crippen LogP contribution in [0, 0.1) is 17.6 Å². The number of carbonyl (C=O) groups is 2. The fraction of sp³-hybridized carbons (Fsp3) is 0.440. The van der Waals surface area contributed by atoms with Gasteiger partial charge in [-0.05, 0) is 13.0 Å². The number of aromatic amines is 1. The van der Waals surface area contributed by atoms with Gasteiger partial charge in [-0.1, -0.05) is 13.0 Å². The topological polar surface area (TPSA) is 176 Å². The second kappa shape index (κ2) is 11.3. The van der Waals surface area contributed by atoms with E-state index in [2.05, 4.69) is 24.5 Å². The molecule has 1 unspecified atom stereocenters. The molecule has 0 bridgehead atoms. The molecule has 4 atom stereocenters. The van der Waals surface area contributed by atoms with E-state index in [1.54, 1.807) is 0 Å². The third-order valence-electron chi connectivity index (χ3n) is 7.20. The molecule has 1 saturated heterocycles. The number of nitrogens with one attached hydrogen (secondary N) is 2. The van der Waals surface area contributed by atoms with Crippen molar-refractivity contribution in [2.75, 3.05) is 25.3 Å². The van der Waals surface area contributed by atoms with Crippen LogP contribution >= 0.6 is 0 Å². The number of methoxy groups -OCH3 is 1. The van der Waals surface area contributed by atoms with E-state index in [1.165, 1.54) is 13.0 Å². The third kappa shape index (κ3) is 6.12. The molecule has 3 heterocycles. The van der Waals surface area contributed by atoms with Crippen LogP contribution in [0.15, 0.2) is 18.2 Å². The summed E-state index contributed by atoms with van der Waals surface area (Å²) in [5.74, 6) is -8.28. The van der Waals surface area contributed by atoms with Gasteiger partial charge in [0.25, 0.3) is 16.0 Å². The van der Waals surface area contributed by atoms with Gasteiger partial charge in [-0.15, -0.1) is 0 Å². The van der Waals surface area contributed by atoms with Crippen molar-refractivity contribution < 1.29 is 53.6 Å². The number of imidazole rings is 1. The molecule has 0 radical (unpaired) electrons. The molecule has 43 heavy (non-hydrogen) atoms. The number of anilines is 1. The van der Waals surface area contributed by atoms with Crippen molar-refractivity contribution in [1.29, 1.82) is 0 Å². The smallest absolute Gasteiger partial charge is 0.417 e. The highest BCUT2D eigenvalue weighted by atomic mass is 32.2. The maximum atomic E-state index is 14.7. The van der Waals surface area contributed by atoms with Gasteiger partial charge in [0.1, 0.15) is 23.3 Å². The Labute approximate surface area is 241 Å². The largest absolute Gasteiger partial charge is 0.493 e. The number of carbonyl (C=O) groups excluding carboxylic acids is 2. The van der Waals surface area contributed by atoms with Crippen LogP contribution in [-0.4, -0.2) is 66.9 Å². The zero-order valence-corrected chi connectivity index (χ0v) is 23.8. The van der Waals surface area contributed by atoms with E-state index >= 15 is 0 Å². The summed E-state index contributed by atoms with van der Waals surface area (Å²) in [7, 11) is -2.76. The summed E-state index contributed by atoms with van der Waals surface area (Å²) in [6.07, 6.45) is -6.07.